The molecule has 0 unspecified atom stereocenters. The Kier molecular flexibility index (Phi) is 48.9. The summed E-state index contributed by atoms with van der Waals surface area (Å²) in [6.07, 6.45) is 64.5. The summed E-state index contributed by atoms with van der Waals surface area (Å²) in [4.78, 5) is 38.0. The summed E-state index contributed by atoms with van der Waals surface area (Å²) in [6, 6.07) is 0. The van der Waals surface area contributed by atoms with Gasteiger partial charge in [-0.3, -0.25) is 14.4 Å². The van der Waals surface area contributed by atoms with Crippen molar-refractivity contribution in [3.63, 3.8) is 0 Å². The number of rotatable bonds is 47. The summed E-state index contributed by atoms with van der Waals surface area (Å²) in [6.45, 7) is 6.48. The second-order valence-corrected chi connectivity index (χ2v) is 17.4. The fourth-order valence-corrected chi connectivity index (χ4v) is 7.23. The Morgan fingerprint density at radius 3 is 1.00 bits per heavy atom. The van der Waals surface area contributed by atoms with E-state index >= 15 is 0 Å². The maximum atomic E-state index is 12.8. The van der Waals surface area contributed by atoms with Gasteiger partial charge in [0.05, 0.1) is 0 Å². The highest BCUT2D eigenvalue weighted by atomic mass is 16.6. The molecule has 0 aromatic heterocycles. The van der Waals surface area contributed by atoms with Crippen LogP contribution in [0.1, 0.15) is 252 Å². The fraction of sp³-hybridized carbons (Fsp3) is 0.737. The molecule has 0 aliphatic heterocycles. The zero-order valence-corrected chi connectivity index (χ0v) is 41.3. The predicted octanol–water partition coefficient (Wildman–Crippen LogP) is 17.4. The normalized spacial score (nSPS) is 12.6. The average molecular weight is 879 g/mol. The lowest BCUT2D eigenvalue weighted by molar-refractivity contribution is -0.167. The molecule has 0 radical (unpaired) electrons. The van der Waals surface area contributed by atoms with Crippen LogP contribution >= 0.6 is 0 Å². The second kappa shape index (κ2) is 51.5. The number of allylic oxidation sites excluding steroid dienone is 12. The minimum Gasteiger partial charge on any atom is -0.462 e. The van der Waals surface area contributed by atoms with Gasteiger partial charge in [-0.2, -0.15) is 0 Å². The summed E-state index contributed by atoms with van der Waals surface area (Å²) < 4.78 is 16.8. The van der Waals surface area contributed by atoms with Gasteiger partial charge >= 0.3 is 17.9 Å². The van der Waals surface area contributed by atoms with Crippen molar-refractivity contribution in [2.24, 2.45) is 0 Å². The van der Waals surface area contributed by atoms with Crippen LogP contribution in [0.15, 0.2) is 72.9 Å². The van der Waals surface area contributed by atoms with Crippen LogP contribution in [0.5, 0.6) is 0 Å². The number of carbonyl (C=O) groups is 3. The first-order valence-electron chi connectivity index (χ1n) is 26.4. The molecule has 0 bridgehead atoms. The van der Waals surface area contributed by atoms with Gasteiger partial charge in [0.2, 0.25) is 0 Å². The molecule has 6 nitrogen and oxygen atoms in total. The Morgan fingerprint density at radius 2 is 0.619 bits per heavy atom. The van der Waals surface area contributed by atoms with E-state index in [0.29, 0.717) is 19.3 Å². The minimum absolute atomic E-state index is 0.0878. The van der Waals surface area contributed by atoms with E-state index in [2.05, 4.69) is 93.7 Å². The third-order valence-corrected chi connectivity index (χ3v) is 11.2. The molecule has 0 aliphatic rings. The molecule has 0 aliphatic carbocycles. The SMILES string of the molecule is CC/C=C\C/C=C\C/C=C\C/C=C\C/C=C\CCCCCC(=O)OC[C@@H](COC(=O)CCCCCCCCCCCCC)OC(=O)CCCCCCC/C=C\CCCCCCCC. The third kappa shape index (κ3) is 49.7. The maximum absolute atomic E-state index is 12.8. The average Bonchev–Trinajstić information content (AvgIpc) is 3.28. The molecule has 0 N–H and O–H groups in total. The molecule has 0 spiro atoms. The number of carbonyl (C=O) groups excluding carboxylic acids is 3. The molecule has 0 aromatic rings. The smallest absolute Gasteiger partial charge is 0.306 e. The van der Waals surface area contributed by atoms with E-state index in [4.69, 9.17) is 14.2 Å². The lowest BCUT2D eigenvalue weighted by Crippen LogP contribution is -2.30. The first-order chi connectivity index (χ1) is 31.0. The first kappa shape index (κ1) is 59.9. The van der Waals surface area contributed by atoms with Crippen LogP contribution in [-0.4, -0.2) is 37.2 Å². The van der Waals surface area contributed by atoms with Gasteiger partial charge in [0.1, 0.15) is 13.2 Å². The molecular formula is C57H98O6. The molecule has 0 saturated carbocycles. The van der Waals surface area contributed by atoms with Crippen LogP contribution in [0.2, 0.25) is 0 Å². The van der Waals surface area contributed by atoms with Crippen molar-refractivity contribution in [1.29, 1.82) is 0 Å². The second-order valence-electron chi connectivity index (χ2n) is 17.4. The van der Waals surface area contributed by atoms with E-state index in [9.17, 15) is 14.4 Å². The highest BCUT2D eigenvalue weighted by Crippen LogP contribution is 2.14. The lowest BCUT2D eigenvalue weighted by Gasteiger charge is -2.18. The van der Waals surface area contributed by atoms with Crippen molar-refractivity contribution in [2.45, 2.75) is 258 Å². The van der Waals surface area contributed by atoms with Gasteiger partial charge in [0, 0.05) is 19.3 Å². The highest BCUT2D eigenvalue weighted by Gasteiger charge is 2.19. The molecule has 0 saturated heterocycles. The van der Waals surface area contributed by atoms with Crippen LogP contribution < -0.4 is 0 Å². The van der Waals surface area contributed by atoms with Gasteiger partial charge in [-0.1, -0.05) is 216 Å². The van der Waals surface area contributed by atoms with Crippen molar-refractivity contribution < 1.29 is 28.6 Å². The van der Waals surface area contributed by atoms with E-state index in [1.54, 1.807) is 0 Å². The molecule has 0 rings (SSSR count). The monoisotopic (exact) mass is 879 g/mol. The highest BCUT2D eigenvalue weighted by molar-refractivity contribution is 5.71. The zero-order chi connectivity index (χ0) is 45.8. The van der Waals surface area contributed by atoms with Crippen molar-refractivity contribution >= 4 is 17.9 Å². The minimum atomic E-state index is -0.791. The standard InChI is InChI=1S/C57H98O6/c1-4-7-10-13-16-19-22-24-26-27-28-29-31-32-35-38-41-44-47-50-56(59)62-53-54(52-61-55(58)49-46-43-40-37-34-21-18-15-12-9-6-3)63-57(60)51-48-45-42-39-36-33-30-25-23-20-17-14-11-8-5-2/h7,10,16,19,24-26,28-30,32,35,54H,4-6,8-9,11-15,17-18,20-23,27,31,33-34,36-53H2,1-3H3/b10-7-,19-16-,26-24-,29-28-,30-25-,35-32-/t54-/m1/s1. The number of esters is 3. The molecule has 6 heteroatoms. The van der Waals surface area contributed by atoms with Crippen molar-refractivity contribution in [1.82, 2.24) is 0 Å². The number of unbranched alkanes of at least 4 members (excludes halogenated alkanes) is 24. The number of hydrogen-bond donors (Lipinski definition) is 0. The van der Waals surface area contributed by atoms with Gasteiger partial charge in [0.15, 0.2) is 6.10 Å². The van der Waals surface area contributed by atoms with Gasteiger partial charge in [-0.25, -0.2) is 0 Å². The van der Waals surface area contributed by atoms with Gasteiger partial charge < -0.3 is 14.2 Å². The molecule has 0 heterocycles. The largest absolute Gasteiger partial charge is 0.462 e. The fourth-order valence-electron chi connectivity index (χ4n) is 7.23. The Bertz CT molecular complexity index is 1190. The summed E-state index contributed by atoms with van der Waals surface area (Å²) >= 11 is 0. The van der Waals surface area contributed by atoms with E-state index in [0.717, 1.165) is 109 Å². The Labute approximate surface area is 389 Å². The molecule has 0 aromatic carbocycles. The molecule has 362 valence electrons. The third-order valence-electron chi connectivity index (χ3n) is 11.2. The quantitative estimate of drug-likeness (QED) is 0.0262. The molecule has 1 atom stereocenters. The summed E-state index contributed by atoms with van der Waals surface area (Å²) in [5, 5.41) is 0. The summed E-state index contributed by atoms with van der Waals surface area (Å²) in [7, 11) is 0. The van der Waals surface area contributed by atoms with Gasteiger partial charge in [0.25, 0.3) is 0 Å². The molecule has 0 amide bonds. The first-order valence-corrected chi connectivity index (χ1v) is 26.4. The molecular weight excluding hydrogens is 781 g/mol. The van der Waals surface area contributed by atoms with Crippen LogP contribution in [-0.2, 0) is 28.6 Å². The Morgan fingerprint density at radius 1 is 0.333 bits per heavy atom. The maximum Gasteiger partial charge on any atom is 0.306 e. The molecule has 0 fully saturated rings. The van der Waals surface area contributed by atoms with Crippen LogP contribution in [0.25, 0.3) is 0 Å². The Hall–Kier alpha value is -3.15. The van der Waals surface area contributed by atoms with E-state index in [-0.39, 0.29) is 31.1 Å². The van der Waals surface area contributed by atoms with Crippen molar-refractivity contribution in [3.8, 4) is 0 Å². The summed E-state index contributed by atoms with van der Waals surface area (Å²) in [5.41, 5.74) is 0. The Balaban J connectivity index is 4.43. The van der Waals surface area contributed by atoms with Crippen molar-refractivity contribution in [3.05, 3.63) is 72.9 Å². The van der Waals surface area contributed by atoms with Crippen LogP contribution in [0.4, 0.5) is 0 Å². The lowest BCUT2D eigenvalue weighted by atomic mass is 10.1. The predicted molar refractivity (Wildman–Crippen MR) is 270 cm³/mol. The van der Waals surface area contributed by atoms with Gasteiger partial charge in [-0.15, -0.1) is 0 Å². The zero-order valence-electron chi connectivity index (χ0n) is 41.3. The van der Waals surface area contributed by atoms with E-state index < -0.39 is 6.10 Å². The van der Waals surface area contributed by atoms with Crippen LogP contribution in [0.3, 0.4) is 0 Å². The number of ether oxygens (including phenoxy) is 3. The van der Waals surface area contributed by atoms with Crippen molar-refractivity contribution in [2.75, 3.05) is 13.2 Å². The van der Waals surface area contributed by atoms with Crippen LogP contribution in [0, 0.1) is 0 Å². The summed E-state index contributed by atoms with van der Waals surface area (Å²) in [5.74, 6) is -0.927. The topological polar surface area (TPSA) is 78.9 Å². The van der Waals surface area contributed by atoms with E-state index in [1.807, 2.05) is 0 Å². The number of hydrogen-bond acceptors (Lipinski definition) is 6. The van der Waals surface area contributed by atoms with E-state index in [1.165, 1.54) is 103 Å². The molecule has 63 heavy (non-hydrogen) atoms. The van der Waals surface area contributed by atoms with Gasteiger partial charge in [-0.05, 0) is 89.9 Å².